The van der Waals surface area contributed by atoms with Crippen molar-refractivity contribution in [2.24, 2.45) is 4.99 Å². The van der Waals surface area contributed by atoms with Gasteiger partial charge in [-0.25, -0.2) is 4.99 Å². The molecule has 0 unspecified atom stereocenters. The Bertz CT molecular complexity index is 2210. The minimum absolute atomic E-state index is 0.0854. The van der Waals surface area contributed by atoms with E-state index in [0.29, 0.717) is 43.7 Å². The molecule has 2 aromatic heterocycles. The van der Waals surface area contributed by atoms with E-state index in [1.807, 2.05) is 30.3 Å². The molecular formula is C34H27N3O7S. The highest BCUT2D eigenvalue weighted by Gasteiger charge is 2.33. The van der Waals surface area contributed by atoms with Gasteiger partial charge < -0.3 is 18.6 Å². The predicted octanol–water partition coefficient (Wildman–Crippen LogP) is 5.51. The molecule has 0 spiro atoms. The third kappa shape index (κ3) is 4.81. The minimum atomic E-state index is -0.472. The van der Waals surface area contributed by atoms with E-state index in [9.17, 15) is 14.9 Å². The van der Waals surface area contributed by atoms with Crippen molar-refractivity contribution in [3.05, 3.63) is 131 Å². The zero-order valence-electron chi connectivity index (χ0n) is 24.6. The Labute approximate surface area is 260 Å². The summed E-state index contributed by atoms with van der Waals surface area (Å²) in [7, 11) is 4.67. The fraction of sp³-hybridized carbons (Fsp3) is 0.176. The molecule has 45 heavy (non-hydrogen) atoms. The monoisotopic (exact) mass is 621 g/mol. The Morgan fingerprint density at radius 3 is 2.49 bits per heavy atom. The summed E-state index contributed by atoms with van der Waals surface area (Å²) in [5.41, 5.74) is 5.30. The Kier molecular flexibility index (Phi) is 7.09. The van der Waals surface area contributed by atoms with E-state index in [-0.39, 0.29) is 11.2 Å². The van der Waals surface area contributed by atoms with Gasteiger partial charge in [0.2, 0.25) is 0 Å². The molecule has 0 fully saturated rings. The maximum Gasteiger partial charge on any atom is 0.271 e. The molecule has 0 amide bonds. The fourth-order valence-corrected chi connectivity index (χ4v) is 7.03. The van der Waals surface area contributed by atoms with Crippen molar-refractivity contribution in [1.82, 2.24) is 4.57 Å². The minimum Gasteiger partial charge on any atom is -0.496 e. The lowest BCUT2D eigenvalue weighted by atomic mass is 9.83. The smallest absolute Gasteiger partial charge is 0.271 e. The summed E-state index contributed by atoms with van der Waals surface area (Å²) >= 11 is 1.29. The van der Waals surface area contributed by atoms with Gasteiger partial charge in [0.1, 0.15) is 17.3 Å². The van der Waals surface area contributed by atoms with Crippen molar-refractivity contribution in [1.29, 1.82) is 0 Å². The Balaban J connectivity index is 1.39. The normalized spacial score (nSPS) is 15.5. The van der Waals surface area contributed by atoms with Crippen LogP contribution in [0.3, 0.4) is 0 Å². The fourth-order valence-electron chi connectivity index (χ4n) is 6.05. The van der Waals surface area contributed by atoms with E-state index in [0.717, 1.165) is 35.2 Å². The summed E-state index contributed by atoms with van der Waals surface area (Å²) in [5, 5.41) is 11.4. The number of furan rings is 1. The summed E-state index contributed by atoms with van der Waals surface area (Å²) in [6, 6.07) is 21.3. The topological polar surface area (TPSA) is 118 Å². The number of thiazole rings is 1. The van der Waals surface area contributed by atoms with Crippen LogP contribution in [0.1, 0.15) is 34.9 Å². The molecule has 0 radical (unpaired) electrons. The Morgan fingerprint density at radius 1 is 0.933 bits per heavy atom. The van der Waals surface area contributed by atoms with Crippen LogP contribution in [0.25, 0.3) is 23.1 Å². The maximum absolute atomic E-state index is 14.2. The average molecular weight is 622 g/mol. The highest BCUT2D eigenvalue weighted by molar-refractivity contribution is 7.07. The summed E-state index contributed by atoms with van der Waals surface area (Å²) < 4.78 is 24.8. The molecule has 0 saturated heterocycles. The second-order valence-electron chi connectivity index (χ2n) is 10.6. The summed E-state index contributed by atoms with van der Waals surface area (Å²) in [6.07, 6.45) is 3.28. The van der Waals surface area contributed by atoms with Gasteiger partial charge in [0, 0.05) is 23.8 Å². The summed E-state index contributed by atoms with van der Waals surface area (Å²) in [5.74, 6) is 2.41. The molecule has 11 heteroatoms. The van der Waals surface area contributed by atoms with Crippen LogP contribution in [-0.4, -0.2) is 30.8 Å². The number of hydrogen-bond donors (Lipinski definition) is 0. The third-order valence-corrected chi connectivity index (χ3v) is 9.14. The van der Waals surface area contributed by atoms with Crippen molar-refractivity contribution in [3.8, 4) is 28.6 Å². The van der Waals surface area contributed by atoms with Crippen molar-refractivity contribution >= 4 is 28.8 Å². The molecule has 0 saturated carbocycles. The number of ether oxygens (including phenoxy) is 3. The maximum atomic E-state index is 14.2. The number of benzene rings is 3. The summed E-state index contributed by atoms with van der Waals surface area (Å²) in [4.78, 5) is 30.7. The average Bonchev–Trinajstić information content (AvgIpc) is 3.66. The molecule has 3 heterocycles. The first-order chi connectivity index (χ1) is 21.9. The molecular weight excluding hydrogens is 594 g/mol. The highest BCUT2D eigenvalue weighted by atomic mass is 32.1. The second-order valence-corrected chi connectivity index (χ2v) is 11.6. The van der Waals surface area contributed by atoms with Crippen LogP contribution in [0.2, 0.25) is 0 Å². The van der Waals surface area contributed by atoms with E-state index in [1.54, 1.807) is 37.0 Å². The number of rotatable bonds is 7. The van der Waals surface area contributed by atoms with Crippen molar-refractivity contribution in [2.75, 3.05) is 21.3 Å². The van der Waals surface area contributed by atoms with Crippen LogP contribution in [0, 0.1) is 10.1 Å². The molecule has 3 aromatic carbocycles. The lowest BCUT2D eigenvalue weighted by Gasteiger charge is -2.31. The molecule has 226 valence electrons. The first-order valence-corrected chi connectivity index (χ1v) is 15.0. The van der Waals surface area contributed by atoms with Crippen LogP contribution in [0.4, 0.5) is 5.69 Å². The number of nitrogens with zero attached hydrogens (tertiary/aromatic N) is 3. The second kappa shape index (κ2) is 11.3. The molecule has 1 aliphatic carbocycles. The van der Waals surface area contributed by atoms with Gasteiger partial charge in [-0.1, -0.05) is 41.7 Å². The van der Waals surface area contributed by atoms with Crippen LogP contribution >= 0.6 is 11.3 Å². The van der Waals surface area contributed by atoms with Gasteiger partial charge >= 0.3 is 0 Å². The number of non-ortho nitro benzene ring substituents is 1. The Hall–Kier alpha value is -5.42. The van der Waals surface area contributed by atoms with Crippen molar-refractivity contribution in [2.45, 2.75) is 18.9 Å². The van der Waals surface area contributed by atoms with Gasteiger partial charge in [0.05, 0.1) is 48.1 Å². The van der Waals surface area contributed by atoms with Gasteiger partial charge in [-0.2, -0.15) is 0 Å². The largest absolute Gasteiger partial charge is 0.496 e. The molecule has 0 bridgehead atoms. The molecule has 7 rings (SSSR count). The number of nitro benzene ring substituents is 1. The van der Waals surface area contributed by atoms with Crippen LogP contribution < -0.4 is 29.1 Å². The van der Waals surface area contributed by atoms with E-state index in [1.165, 1.54) is 42.2 Å². The zero-order chi connectivity index (χ0) is 31.2. The number of fused-ring (bicyclic) bond motifs is 3. The third-order valence-electron chi connectivity index (χ3n) is 8.16. The zero-order valence-corrected chi connectivity index (χ0v) is 25.4. The van der Waals surface area contributed by atoms with Gasteiger partial charge in [0.25, 0.3) is 11.2 Å². The van der Waals surface area contributed by atoms with Crippen LogP contribution in [-0.2, 0) is 6.42 Å². The molecule has 1 aliphatic heterocycles. The molecule has 10 nitrogen and oxygen atoms in total. The Morgan fingerprint density at radius 2 is 1.71 bits per heavy atom. The highest BCUT2D eigenvalue weighted by Crippen LogP contribution is 2.43. The van der Waals surface area contributed by atoms with Gasteiger partial charge in [-0.05, 0) is 59.9 Å². The van der Waals surface area contributed by atoms with Crippen LogP contribution in [0.5, 0.6) is 17.2 Å². The first-order valence-electron chi connectivity index (χ1n) is 14.2. The predicted molar refractivity (Wildman–Crippen MR) is 170 cm³/mol. The standard InChI is InChI=1S/C34H27N3O7S/c1-41-26-14-10-21(37(39)40)17-25(26)27-15-11-22(44-27)18-30-33(38)36-32(20-9-13-28(42-2)29(16-20)43-3)24-12-8-19-6-4-5-7-23(19)31(24)35-34(36)45-30/h4-7,9-11,13-18,32H,8,12H2,1-3H3/b30-18+/t32-/m0/s1. The molecule has 5 aromatic rings. The summed E-state index contributed by atoms with van der Waals surface area (Å²) in [6.45, 7) is 0. The van der Waals surface area contributed by atoms with E-state index < -0.39 is 11.0 Å². The first kappa shape index (κ1) is 28.4. The molecule has 2 aliphatic rings. The number of allylic oxidation sites excluding steroid dienone is 1. The van der Waals surface area contributed by atoms with E-state index in [2.05, 4.69) is 12.1 Å². The van der Waals surface area contributed by atoms with E-state index >= 15 is 0 Å². The van der Waals surface area contributed by atoms with Gasteiger partial charge in [-0.15, -0.1) is 0 Å². The van der Waals surface area contributed by atoms with Crippen molar-refractivity contribution < 1.29 is 23.6 Å². The van der Waals surface area contributed by atoms with Crippen LogP contribution in [0.15, 0.2) is 92.6 Å². The number of hydrogen-bond acceptors (Lipinski definition) is 9. The van der Waals surface area contributed by atoms with Crippen molar-refractivity contribution in [3.63, 3.8) is 0 Å². The number of aromatic nitrogens is 1. The van der Waals surface area contributed by atoms with E-state index in [4.69, 9.17) is 23.6 Å². The molecule has 1 atom stereocenters. The quantitative estimate of drug-likeness (QED) is 0.174. The van der Waals surface area contributed by atoms with Gasteiger partial charge in [-0.3, -0.25) is 19.5 Å². The number of methoxy groups -OCH3 is 3. The lowest BCUT2D eigenvalue weighted by Crippen LogP contribution is -2.38. The number of aryl methyl sites for hydroxylation is 1. The number of nitro groups is 1. The lowest BCUT2D eigenvalue weighted by molar-refractivity contribution is -0.384. The SMILES string of the molecule is COc1ccc([C@H]2C3=C(N=c4s/c(=C/c5ccc(-c6cc([N+](=O)[O-])ccc6OC)o5)c(=O)n42)c2ccccc2CC3)cc1OC. The van der Waals surface area contributed by atoms with Gasteiger partial charge in [0.15, 0.2) is 16.3 Å². The molecule has 0 N–H and O–H groups in total.